The van der Waals surface area contributed by atoms with Gasteiger partial charge in [-0.05, 0) is 18.2 Å². The van der Waals surface area contributed by atoms with Crippen molar-refractivity contribution in [3.8, 4) is 5.88 Å². The van der Waals surface area contributed by atoms with Crippen molar-refractivity contribution in [3.05, 3.63) is 42.6 Å². The van der Waals surface area contributed by atoms with Gasteiger partial charge in [0.05, 0.1) is 29.9 Å². The van der Waals surface area contributed by atoms with Crippen molar-refractivity contribution in [1.82, 2.24) is 4.98 Å². The fourth-order valence-electron chi connectivity index (χ4n) is 2.18. The third-order valence-electron chi connectivity index (χ3n) is 3.31. The Labute approximate surface area is 137 Å². The molecule has 1 aromatic heterocycles. The van der Waals surface area contributed by atoms with E-state index in [0.29, 0.717) is 11.6 Å². The number of aromatic nitrogens is 1. The number of carbonyl (C=O) groups excluding carboxylic acids is 2. The molecule has 6 nitrogen and oxygen atoms in total. The van der Waals surface area contributed by atoms with Crippen molar-refractivity contribution in [2.24, 2.45) is 0 Å². The van der Waals surface area contributed by atoms with Crippen molar-refractivity contribution < 1.29 is 14.3 Å². The lowest BCUT2D eigenvalue weighted by Gasteiger charge is -2.23. The monoisotopic (exact) mass is 329 g/mol. The molecule has 0 saturated heterocycles. The number of methoxy groups -OCH3 is 1. The molecule has 2 amide bonds. The average Bonchev–Trinajstić information content (AvgIpc) is 2.56. The SMILES string of the molecule is COc1ccc(NC(=O)CC2Sc3ccccc3NC2=O)cn1. The first kappa shape index (κ1) is 15.4. The molecule has 0 spiro atoms. The number of rotatable bonds is 4. The maximum atomic E-state index is 12.1. The first-order valence-electron chi connectivity index (χ1n) is 7.02. The van der Waals surface area contributed by atoms with Crippen LogP contribution in [-0.4, -0.2) is 29.2 Å². The van der Waals surface area contributed by atoms with E-state index in [1.807, 2.05) is 24.3 Å². The van der Waals surface area contributed by atoms with Crippen LogP contribution in [0.4, 0.5) is 11.4 Å². The van der Waals surface area contributed by atoms with Gasteiger partial charge in [0, 0.05) is 17.4 Å². The van der Waals surface area contributed by atoms with E-state index in [1.54, 1.807) is 12.1 Å². The number of hydrogen-bond acceptors (Lipinski definition) is 5. The van der Waals surface area contributed by atoms with Crippen LogP contribution in [0.25, 0.3) is 0 Å². The molecule has 0 radical (unpaired) electrons. The highest BCUT2D eigenvalue weighted by atomic mass is 32.2. The number of thioether (sulfide) groups is 1. The Morgan fingerprint density at radius 3 is 2.91 bits per heavy atom. The average molecular weight is 329 g/mol. The number of carbonyl (C=O) groups is 2. The minimum absolute atomic E-state index is 0.0941. The Morgan fingerprint density at radius 1 is 1.35 bits per heavy atom. The molecular formula is C16H15N3O3S. The minimum atomic E-state index is -0.448. The Hall–Kier alpha value is -2.54. The molecule has 0 saturated carbocycles. The molecule has 0 fully saturated rings. The molecule has 1 aliphatic rings. The predicted octanol–water partition coefficient (Wildman–Crippen LogP) is 2.53. The van der Waals surface area contributed by atoms with E-state index in [9.17, 15) is 9.59 Å². The van der Waals surface area contributed by atoms with Crippen LogP contribution in [0.5, 0.6) is 5.88 Å². The lowest BCUT2D eigenvalue weighted by molar-refractivity contribution is -0.120. The van der Waals surface area contributed by atoms with Gasteiger partial charge in [0.25, 0.3) is 0 Å². The van der Waals surface area contributed by atoms with Crippen LogP contribution in [-0.2, 0) is 9.59 Å². The highest BCUT2D eigenvalue weighted by Gasteiger charge is 2.28. The molecule has 2 aromatic rings. The second-order valence-electron chi connectivity index (χ2n) is 4.93. The zero-order valence-electron chi connectivity index (χ0n) is 12.4. The van der Waals surface area contributed by atoms with E-state index in [1.165, 1.54) is 25.1 Å². The highest BCUT2D eigenvalue weighted by Crippen LogP contribution is 2.36. The van der Waals surface area contributed by atoms with Gasteiger partial charge in [-0.1, -0.05) is 12.1 Å². The lowest BCUT2D eigenvalue weighted by Crippen LogP contribution is -2.32. The van der Waals surface area contributed by atoms with E-state index in [2.05, 4.69) is 15.6 Å². The number of amides is 2. The molecule has 0 bridgehead atoms. The molecule has 23 heavy (non-hydrogen) atoms. The highest BCUT2D eigenvalue weighted by molar-refractivity contribution is 8.01. The molecule has 0 aliphatic carbocycles. The maximum Gasteiger partial charge on any atom is 0.238 e. The topological polar surface area (TPSA) is 80.3 Å². The van der Waals surface area contributed by atoms with Crippen LogP contribution in [0, 0.1) is 0 Å². The number of para-hydroxylation sites is 1. The first-order valence-corrected chi connectivity index (χ1v) is 7.90. The molecule has 1 unspecified atom stereocenters. The van der Waals surface area contributed by atoms with Crippen molar-refractivity contribution >= 4 is 35.0 Å². The first-order chi connectivity index (χ1) is 11.2. The van der Waals surface area contributed by atoms with Gasteiger partial charge in [-0.15, -0.1) is 11.8 Å². The zero-order chi connectivity index (χ0) is 16.2. The number of benzene rings is 1. The summed E-state index contributed by atoms with van der Waals surface area (Å²) in [5, 5.41) is 5.11. The smallest absolute Gasteiger partial charge is 0.238 e. The van der Waals surface area contributed by atoms with Crippen molar-refractivity contribution in [1.29, 1.82) is 0 Å². The molecular weight excluding hydrogens is 314 g/mol. The molecule has 7 heteroatoms. The van der Waals surface area contributed by atoms with Crippen LogP contribution in [0.2, 0.25) is 0 Å². The summed E-state index contributed by atoms with van der Waals surface area (Å²) in [6.45, 7) is 0. The van der Waals surface area contributed by atoms with E-state index in [-0.39, 0.29) is 18.2 Å². The van der Waals surface area contributed by atoms with Crippen LogP contribution in [0.1, 0.15) is 6.42 Å². The third kappa shape index (κ3) is 3.62. The normalized spacial score (nSPS) is 16.2. The zero-order valence-corrected chi connectivity index (χ0v) is 13.2. The number of hydrogen-bond donors (Lipinski definition) is 2. The Balaban J connectivity index is 1.62. The number of pyridine rings is 1. The van der Waals surface area contributed by atoms with Gasteiger partial charge in [-0.3, -0.25) is 9.59 Å². The van der Waals surface area contributed by atoms with E-state index in [4.69, 9.17) is 4.74 Å². The number of fused-ring (bicyclic) bond motifs is 1. The molecule has 1 atom stereocenters. The van der Waals surface area contributed by atoms with Crippen LogP contribution < -0.4 is 15.4 Å². The van der Waals surface area contributed by atoms with Gasteiger partial charge in [-0.2, -0.15) is 0 Å². The number of ether oxygens (including phenoxy) is 1. The molecule has 2 heterocycles. The number of nitrogens with zero attached hydrogens (tertiary/aromatic N) is 1. The van der Waals surface area contributed by atoms with Crippen LogP contribution in [0.15, 0.2) is 47.5 Å². The lowest BCUT2D eigenvalue weighted by atomic mass is 10.2. The molecule has 3 rings (SSSR count). The summed E-state index contributed by atoms with van der Waals surface area (Å²) in [5.74, 6) is 0.0857. The quantitative estimate of drug-likeness (QED) is 0.901. The van der Waals surface area contributed by atoms with Gasteiger partial charge in [0.2, 0.25) is 17.7 Å². The summed E-state index contributed by atoms with van der Waals surface area (Å²) in [6, 6.07) is 10.9. The number of nitrogens with one attached hydrogen (secondary N) is 2. The molecule has 118 valence electrons. The second-order valence-corrected chi connectivity index (χ2v) is 6.18. The maximum absolute atomic E-state index is 12.1. The van der Waals surface area contributed by atoms with E-state index in [0.717, 1.165) is 10.6 Å². The fraction of sp³-hybridized carbons (Fsp3) is 0.188. The number of anilines is 2. The Bertz CT molecular complexity index is 734. The van der Waals surface area contributed by atoms with Crippen LogP contribution >= 0.6 is 11.8 Å². The summed E-state index contributed by atoms with van der Waals surface area (Å²) in [7, 11) is 1.53. The summed E-state index contributed by atoms with van der Waals surface area (Å²) in [5.41, 5.74) is 1.36. The van der Waals surface area contributed by atoms with E-state index >= 15 is 0 Å². The second kappa shape index (κ2) is 6.70. The molecule has 1 aliphatic heterocycles. The van der Waals surface area contributed by atoms with Gasteiger partial charge in [0.15, 0.2) is 0 Å². The Morgan fingerprint density at radius 2 is 2.17 bits per heavy atom. The summed E-state index contributed by atoms with van der Waals surface area (Å²) in [4.78, 5) is 29.2. The van der Waals surface area contributed by atoms with E-state index < -0.39 is 5.25 Å². The van der Waals surface area contributed by atoms with Gasteiger partial charge in [0.1, 0.15) is 0 Å². The summed E-state index contributed by atoms with van der Waals surface area (Å²) in [6.07, 6.45) is 1.61. The van der Waals surface area contributed by atoms with Crippen molar-refractivity contribution in [2.45, 2.75) is 16.6 Å². The summed E-state index contributed by atoms with van der Waals surface area (Å²) >= 11 is 1.40. The minimum Gasteiger partial charge on any atom is -0.481 e. The predicted molar refractivity (Wildman–Crippen MR) is 88.8 cm³/mol. The fourth-order valence-corrected chi connectivity index (χ4v) is 3.29. The summed E-state index contributed by atoms with van der Waals surface area (Å²) < 4.78 is 4.96. The van der Waals surface area contributed by atoms with Gasteiger partial charge >= 0.3 is 0 Å². The van der Waals surface area contributed by atoms with Crippen molar-refractivity contribution in [2.75, 3.05) is 17.7 Å². The molecule has 1 aromatic carbocycles. The van der Waals surface area contributed by atoms with Crippen molar-refractivity contribution in [3.63, 3.8) is 0 Å². The largest absolute Gasteiger partial charge is 0.481 e. The molecule has 2 N–H and O–H groups in total. The van der Waals surface area contributed by atoms with Crippen LogP contribution in [0.3, 0.4) is 0 Å². The Kier molecular flexibility index (Phi) is 4.47. The van der Waals surface area contributed by atoms with Gasteiger partial charge < -0.3 is 15.4 Å². The third-order valence-corrected chi connectivity index (χ3v) is 4.58. The van der Waals surface area contributed by atoms with Gasteiger partial charge in [-0.25, -0.2) is 4.98 Å². The standard InChI is InChI=1S/C16H15N3O3S/c1-22-15-7-6-10(9-17-15)18-14(20)8-13-16(21)19-11-4-2-3-5-12(11)23-13/h2-7,9,13H,8H2,1H3,(H,18,20)(H,19,21).